The van der Waals surface area contributed by atoms with E-state index in [1.54, 1.807) is 31.4 Å². The second-order valence-corrected chi connectivity index (χ2v) is 9.11. The van der Waals surface area contributed by atoms with Gasteiger partial charge >= 0.3 is 12.5 Å². The molecule has 11 nitrogen and oxygen atoms in total. The number of aromatic nitrogens is 3. The van der Waals surface area contributed by atoms with Crippen LogP contribution in [0.5, 0.6) is 5.75 Å². The van der Waals surface area contributed by atoms with Crippen LogP contribution in [0.1, 0.15) is 20.3 Å². The minimum Gasteiger partial charge on any atom is -0.416 e. The molecule has 1 amide bonds. The van der Waals surface area contributed by atoms with E-state index in [2.05, 4.69) is 20.1 Å². The summed E-state index contributed by atoms with van der Waals surface area (Å²) in [7, 11) is 3.05. The van der Waals surface area contributed by atoms with Crippen LogP contribution in [0.15, 0.2) is 54.9 Å². The van der Waals surface area contributed by atoms with Crippen molar-refractivity contribution in [1.29, 1.82) is 0 Å². The van der Waals surface area contributed by atoms with Gasteiger partial charge in [-0.15, -0.1) is 18.3 Å². The van der Waals surface area contributed by atoms with Crippen molar-refractivity contribution in [2.45, 2.75) is 57.3 Å². The summed E-state index contributed by atoms with van der Waals surface area (Å²) in [5.41, 5.74) is 1.59. The van der Waals surface area contributed by atoms with Crippen LogP contribution in [0.2, 0.25) is 0 Å². The van der Waals surface area contributed by atoms with Gasteiger partial charge in [-0.05, 0) is 61.9 Å². The molecule has 2 heterocycles. The van der Waals surface area contributed by atoms with E-state index in [-0.39, 0.29) is 5.75 Å². The molecular formula is C27H31F3N4O7. The second kappa shape index (κ2) is 13.3. The lowest BCUT2D eigenvalue weighted by Gasteiger charge is -2.43. The number of benzene rings is 2. The molecule has 0 saturated carbocycles. The highest BCUT2D eigenvalue weighted by molar-refractivity contribution is 5.85. The van der Waals surface area contributed by atoms with E-state index < -0.39 is 43.2 Å². The first kappa shape index (κ1) is 30.2. The van der Waals surface area contributed by atoms with Crippen molar-refractivity contribution < 1.29 is 46.4 Å². The van der Waals surface area contributed by atoms with E-state index in [0.717, 1.165) is 6.42 Å². The zero-order valence-electron chi connectivity index (χ0n) is 22.8. The molecule has 0 spiro atoms. The molecule has 0 radical (unpaired) electrons. The number of anilines is 1. The number of amides is 1. The molecule has 5 atom stereocenters. The molecule has 1 N–H and O–H groups in total. The Morgan fingerprint density at radius 1 is 1.02 bits per heavy atom. The van der Waals surface area contributed by atoms with Gasteiger partial charge in [0, 0.05) is 32.1 Å². The highest BCUT2D eigenvalue weighted by Gasteiger charge is 2.47. The second-order valence-electron chi connectivity index (χ2n) is 9.11. The lowest BCUT2D eigenvalue weighted by atomic mass is 9.99. The zero-order chi connectivity index (χ0) is 29.6. The van der Waals surface area contributed by atoms with Gasteiger partial charge in [0.05, 0.1) is 11.8 Å². The van der Waals surface area contributed by atoms with Crippen LogP contribution < -0.4 is 10.1 Å². The molecule has 1 aromatic heterocycles. The van der Waals surface area contributed by atoms with E-state index in [0.29, 0.717) is 29.4 Å². The van der Waals surface area contributed by atoms with Crippen molar-refractivity contribution in [3.8, 4) is 22.8 Å². The number of alkyl halides is 3. The third kappa shape index (κ3) is 7.73. The van der Waals surface area contributed by atoms with Crippen LogP contribution in [-0.2, 0) is 23.7 Å². The molecule has 2 aromatic carbocycles. The minimum absolute atomic E-state index is 0.339. The Morgan fingerprint density at radius 3 is 2.32 bits per heavy atom. The first-order valence-electron chi connectivity index (χ1n) is 12.8. The maximum absolute atomic E-state index is 12.7. The van der Waals surface area contributed by atoms with E-state index in [1.807, 2.05) is 13.8 Å². The number of halogens is 3. The van der Waals surface area contributed by atoms with Gasteiger partial charge in [-0.3, -0.25) is 5.32 Å². The Bertz CT molecular complexity index is 1270. The van der Waals surface area contributed by atoms with Crippen LogP contribution >= 0.6 is 0 Å². The summed E-state index contributed by atoms with van der Waals surface area (Å²) < 4.78 is 70.9. The number of carbonyl (C=O) groups is 1. The van der Waals surface area contributed by atoms with Crippen LogP contribution in [0, 0.1) is 0 Å². The summed E-state index contributed by atoms with van der Waals surface area (Å²) in [4.78, 5) is 17.0. The average molecular weight is 581 g/mol. The molecule has 14 heteroatoms. The number of ether oxygens (including phenoxy) is 6. The fraction of sp³-hybridized carbons (Fsp3) is 0.444. The standard InChI is InChI=1S/C27H31F3N4O7/c1-5-14-38-22-21(36-3)16(2)39-25(23(22)37-4)40-26(35)32-18-8-6-17(7-9-18)24-31-15-34(33-24)19-10-12-20(13-11-19)41-27(28,29)30/h6-13,15-16,21-23,25H,5,14H2,1-4H3,(H,32,35)/t16-,21-,22+,23+,25-/m0/s1. The lowest BCUT2D eigenvalue weighted by Crippen LogP contribution is -2.60. The van der Waals surface area contributed by atoms with Crippen molar-refractivity contribution in [3.63, 3.8) is 0 Å². The molecule has 0 bridgehead atoms. The Balaban J connectivity index is 1.37. The monoisotopic (exact) mass is 580 g/mol. The number of rotatable bonds is 10. The number of nitrogens with one attached hydrogen (secondary N) is 1. The van der Waals surface area contributed by atoms with Gasteiger partial charge in [0.2, 0.25) is 6.29 Å². The topological polar surface area (TPSA) is 115 Å². The highest BCUT2D eigenvalue weighted by Crippen LogP contribution is 2.29. The summed E-state index contributed by atoms with van der Waals surface area (Å²) in [5, 5.41) is 7.02. The molecule has 0 aliphatic carbocycles. The van der Waals surface area contributed by atoms with Gasteiger partial charge in [-0.2, -0.15) is 0 Å². The van der Waals surface area contributed by atoms with Gasteiger partial charge in [0.1, 0.15) is 30.4 Å². The first-order valence-corrected chi connectivity index (χ1v) is 12.8. The molecule has 3 aromatic rings. The Hall–Kier alpha value is -3.72. The summed E-state index contributed by atoms with van der Waals surface area (Å²) in [6, 6.07) is 11.9. The smallest absolute Gasteiger partial charge is 0.416 e. The zero-order valence-corrected chi connectivity index (χ0v) is 22.8. The van der Waals surface area contributed by atoms with Crippen LogP contribution in [0.4, 0.5) is 23.7 Å². The predicted molar refractivity (Wildman–Crippen MR) is 140 cm³/mol. The molecule has 0 unspecified atom stereocenters. The summed E-state index contributed by atoms with van der Waals surface area (Å²) in [6.45, 7) is 4.28. The maximum Gasteiger partial charge on any atom is 0.573 e. The summed E-state index contributed by atoms with van der Waals surface area (Å²) in [6.07, 6.45) is -6.33. The highest BCUT2D eigenvalue weighted by atomic mass is 19.4. The molecule has 1 saturated heterocycles. The Morgan fingerprint density at radius 2 is 1.71 bits per heavy atom. The van der Waals surface area contributed by atoms with Gasteiger partial charge in [-0.1, -0.05) is 6.92 Å². The summed E-state index contributed by atoms with van der Waals surface area (Å²) in [5.74, 6) is 0.0300. The molecule has 1 aliphatic rings. The number of methoxy groups -OCH3 is 2. The SMILES string of the molecule is CCCO[C@@H]1[C@@H](OC)[C@H](C)O[C@@H](OC(=O)Nc2ccc(-c3ncn(-c4ccc(OC(F)(F)F)cc4)n3)cc2)[C@@H]1OC. The van der Waals surface area contributed by atoms with Crippen molar-refractivity contribution in [3.05, 3.63) is 54.9 Å². The Kier molecular flexibility index (Phi) is 9.81. The van der Waals surface area contributed by atoms with Crippen molar-refractivity contribution >= 4 is 11.8 Å². The molecule has 222 valence electrons. The Labute approximate surface area is 234 Å². The quantitative estimate of drug-likeness (QED) is 0.356. The van der Waals surface area contributed by atoms with Crippen LogP contribution in [-0.4, -0.2) is 78.8 Å². The first-order chi connectivity index (χ1) is 19.6. The third-order valence-corrected chi connectivity index (χ3v) is 6.23. The van der Waals surface area contributed by atoms with Gasteiger partial charge in [0.25, 0.3) is 0 Å². The van der Waals surface area contributed by atoms with Gasteiger partial charge < -0.3 is 28.4 Å². The lowest BCUT2D eigenvalue weighted by molar-refractivity contribution is -0.292. The molecule has 41 heavy (non-hydrogen) atoms. The number of hydrogen-bond acceptors (Lipinski definition) is 9. The number of hydrogen-bond donors (Lipinski definition) is 1. The van der Waals surface area contributed by atoms with Crippen LogP contribution in [0.25, 0.3) is 17.1 Å². The molecule has 1 aliphatic heterocycles. The van der Waals surface area contributed by atoms with E-state index >= 15 is 0 Å². The number of carbonyl (C=O) groups excluding carboxylic acids is 1. The van der Waals surface area contributed by atoms with Crippen molar-refractivity contribution in [2.75, 3.05) is 26.1 Å². The fourth-order valence-electron chi connectivity index (χ4n) is 4.36. The molecule has 4 rings (SSSR count). The average Bonchev–Trinajstić information content (AvgIpc) is 3.42. The molecular weight excluding hydrogens is 549 g/mol. The van der Waals surface area contributed by atoms with E-state index in [9.17, 15) is 18.0 Å². The van der Waals surface area contributed by atoms with Gasteiger partial charge in [-0.25, -0.2) is 14.5 Å². The predicted octanol–water partition coefficient (Wildman–Crippen LogP) is 4.95. The number of nitrogens with zero attached hydrogens (tertiary/aromatic N) is 3. The van der Waals surface area contributed by atoms with Crippen LogP contribution in [0.3, 0.4) is 0 Å². The van der Waals surface area contributed by atoms with E-state index in [1.165, 1.54) is 42.4 Å². The maximum atomic E-state index is 12.7. The van der Waals surface area contributed by atoms with E-state index in [4.69, 9.17) is 23.7 Å². The third-order valence-electron chi connectivity index (χ3n) is 6.23. The van der Waals surface area contributed by atoms with Crippen molar-refractivity contribution in [1.82, 2.24) is 14.8 Å². The largest absolute Gasteiger partial charge is 0.573 e. The minimum atomic E-state index is -4.77. The van der Waals surface area contributed by atoms with Gasteiger partial charge in [0.15, 0.2) is 5.82 Å². The van der Waals surface area contributed by atoms with Crippen molar-refractivity contribution in [2.24, 2.45) is 0 Å². The normalized spacial score (nSPS) is 22.8. The summed E-state index contributed by atoms with van der Waals surface area (Å²) >= 11 is 0. The molecule has 1 fully saturated rings. The fourth-order valence-corrected chi connectivity index (χ4v) is 4.36.